The zero-order valence-corrected chi connectivity index (χ0v) is 16.5. The van der Waals surface area contributed by atoms with Crippen molar-refractivity contribution in [2.45, 2.75) is 41.5 Å². The van der Waals surface area contributed by atoms with Crippen molar-refractivity contribution in [1.29, 1.82) is 0 Å². The first-order chi connectivity index (χ1) is 12.9. The topological polar surface area (TPSA) is 40.6 Å². The maximum Gasteiger partial charge on any atom is 0.206 e. The van der Waals surface area contributed by atoms with Gasteiger partial charge in [-0.2, -0.15) is 0 Å². The van der Waals surface area contributed by atoms with Crippen molar-refractivity contribution in [2.75, 3.05) is 31.6 Å². The van der Waals surface area contributed by atoms with E-state index in [4.69, 9.17) is 0 Å². The molecule has 0 N–H and O–H groups in total. The molecule has 2 aromatic rings. The van der Waals surface area contributed by atoms with Gasteiger partial charge in [0.2, 0.25) is 9.84 Å². The largest absolute Gasteiger partial charge is 0.371 e. The summed E-state index contributed by atoms with van der Waals surface area (Å²) in [7, 11) is -1.54. The Balaban J connectivity index is 1.72. The highest BCUT2D eigenvalue weighted by molar-refractivity contribution is 7.91. The molecule has 2 aliphatic rings. The maximum atomic E-state index is 13.2. The maximum absolute atomic E-state index is 13.2. The van der Waals surface area contributed by atoms with Crippen LogP contribution in [0.1, 0.15) is 31.2 Å². The Morgan fingerprint density at radius 3 is 2.41 bits per heavy atom. The number of hydrogen-bond acceptors (Lipinski definition) is 4. The lowest BCUT2D eigenvalue weighted by molar-refractivity contribution is 0.298. The molecule has 0 bridgehead atoms. The number of likely N-dealkylation sites (N-methyl/N-ethyl adjacent to an activating group) is 1. The molecule has 0 spiro atoms. The quantitative estimate of drug-likeness (QED) is 0.752. The van der Waals surface area contributed by atoms with Crippen LogP contribution in [0.25, 0.3) is 0 Å². The van der Waals surface area contributed by atoms with Crippen molar-refractivity contribution in [3.63, 3.8) is 0 Å². The number of nitrogens with zero attached hydrogens (tertiary/aromatic N) is 2. The summed E-state index contributed by atoms with van der Waals surface area (Å²) in [5, 5.41) is 0. The Morgan fingerprint density at radius 2 is 1.70 bits per heavy atom. The van der Waals surface area contributed by atoms with Crippen LogP contribution in [0, 0.1) is 5.82 Å². The number of anilines is 1. The van der Waals surface area contributed by atoms with Gasteiger partial charge in [-0.1, -0.05) is 6.92 Å². The summed E-state index contributed by atoms with van der Waals surface area (Å²) in [5.41, 5.74) is 2.26. The SMILES string of the molecule is CCN1CC[C@@H]2c3cc(S(=O)(=O)c4ccc(F)cc4)ccc3N(C)[C@@H]2CC1. The number of fused-ring (bicyclic) bond motifs is 3. The van der Waals surface area contributed by atoms with Gasteiger partial charge >= 0.3 is 0 Å². The average molecular weight is 389 g/mol. The van der Waals surface area contributed by atoms with Crippen LogP contribution in [0.15, 0.2) is 52.3 Å². The molecule has 4 nitrogen and oxygen atoms in total. The fourth-order valence-corrected chi connectivity index (χ4v) is 5.83. The monoisotopic (exact) mass is 388 g/mol. The number of sulfone groups is 1. The van der Waals surface area contributed by atoms with Crippen molar-refractivity contribution in [1.82, 2.24) is 4.90 Å². The summed E-state index contributed by atoms with van der Waals surface area (Å²) in [6.07, 6.45) is 2.12. The van der Waals surface area contributed by atoms with Gasteiger partial charge < -0.3 is 9.80 Å². The Bertz CT molecular complexity index is 943. The van der Waals surface area contributed by atoms with Gasteiger partial charge in [-0.05, 0) is 74.0 Å². The number of halogens is 1. The van der Waals surface area contributed by atoms with Crippen LogP contribution in [0.3, 0.4) is 0 Å². The number of rotatable bonds is 3. The Kier molecular flexibility index (Phi) is 4.72. The molecule has 2 aliphatic heterocycles. The minimum Gasteiger partial charge on any atom is -0.371 e. The highest BCUT2D eigenvalue weighted by Gasteiger charge is 2.38. The summed E-state index contributed by atoms with van der Waals surface area (Å²) in [6.45, 7) is 5.36. The molecule has 0 radical (unpaired) electrons. The van der Waals surface area contributed by atoms with Crippen molar-refractivity contribution < 1.29 is 12.8 Å². The van der Waals surface area contributed by atoms with Crippen LogP contribution >= 0.6 is 0 Å². The molecule has 0 aliphatic carbocycles. The van der Waals surface area contributed by atoms with Crippen LogP contribution in [-0.2, 0) is 9.84 Å². The van der Waals surface area contributed by atoms with E-state index in [1.165, 1.54) is 24.3 Å². The molecule has 0 saturated carbocycles. The standard InChI is InChI=1S/C21H25FN2O2S/c1-3-24-12-10-18-19-14-17(8-9-20(19)23(2)21(18)11-13-24)27(25,26)16-6-4-15(22)5-7-16/h4-9,14,18,21H,3,10-13H2,1-2H3/t18-,21-/m1/s1. The van der Waals surface area contributed by atoms with E-state index in [2.05, 4.69) is 23.8 Å². The van der Waals surface area contributed by atoms with Gasteiger partial charge in [-0.3, -0.25) is 0 Å². The molecule has 2 heterocycles. The smallest absolute Gasteiger partial charge is 0.206 e. The Morgan fingerprint density at radius 1 is 1.04 bits per heavy atom. The summed E-state index contributed by atoms with van der Waals surface area (Å²) in [4.78, 5) is 5.20. The molecule has 1 fully saturated rings. The summed E-state index contributed by atoms with van der Waals surface area (Å²) < 4.78 is 39.2. The summed E-state index contributed by atoms with van der Waals surface area (Å²) in [6, 6.07) is 10.9. The van der Waals surface area contributed by atoms with E-state index in [9.17, 15) is 12.8 Å². The van der Waals surface area contributed by atoms with Crippen LogP contribution in [0.5, 0.6) is 0 Å². The molecular formula is C21H25FN2O2S. The van der Waals surface area contributed by atoms with E-state index < -0.39 is 15.7 Å². The summed E-state index contributed by atoms with van der Waals surface area (Å²) in [5.74, 6) is -0.0868. The molecule has 4 rings (SSSR count). The molecule has 0 aromatic heterocycles. The van der Waals surface area contributed by atoms with Gasteiger partial charge in [-0.25, -0.2) is 12.8 Å². The molecule has 0 amide bonds. The first-order valence-electron chi connectivity index (χ1n) is 9.51. The third-order valence-corrected chi connectivity index (χ3v) is 7.89. The van der Waals surface area contributed by atoms with Crippen molar-refractivity contribution in [2.24, 2.45) is 0 Å². The summed E-state index contributed by atoms with van der Waals surface area (Å²) >= 11 is 0. The third kappa shape index (κ3) is 3.15. The lowest BCUT2D eigenvalue weighted by Crippen LogP contribution is -2.31. The first kappa shape index (κ1) is 18.4. The van der Waals surface area contributed by atoms with Crippen molar-refractivity contribution in [3.05, 3.63) is 53.8 Å². The van der Waals surface area contributed by atoms with Gasteiger partial charge in [0.25, 0.3) is 0 Å². The first-order valence-corrected chi connectivity index (χ1v) is 11.0. The fraction of sp³-hybridized carbons (Fsp3) is 0.429. The van der Waals surface area contributed by atoms with Crippen LogP contribution < -0.4 is 4.90 Å². The molecule has 27 heavy (non-hydrogen) atoms. The second-order valence-electron chi connectivity index (χ2n) is 7.47. The van der Waals surface area contributed by atoms with E-state index in [1.54, 1.807) is 6.07 Å². The lowest BCUT2D eigenvalue weighted by Gasteiger charge is -2.25. The Labute approximate surface area is 160 Å². The minimum absolute atomic E-state index is 0.129. The molecule has 6 heteroatoms. The van der Waals surface area contributed by atoms with Gasteiger partial charge in [0.15, 0.2) is 0 Å². The highest BCUT2D eigenvalue weighted by Crippen LogP contribution is 2.45. The Hall–Kier alpha value is -1.92. The second-order valence-corrected chi connectivity index (χ2v) is 9.42. The van der Waals surface area contributed by atoms with E-state index in [-0.39, 0.29) is 4.90 Å². The minimum atomic E-state index is -3.65. The molecular weight excluding hydrogens is 363 g/mol. The zero-order valence-electron chi connectivity index (χ0n) is 15.7. The zero-order chi connectivity index (χ0) is 19.2. The van der Waals surface area contributed by atoms with E-state index >= 15 is 0 Å². The van der Waals surface area contributed by atoms with E-state index in [0.717, 1.165) is 43.7 Å². The van der Waals surface area contributed by atoms with Crippen LogP contribution in [-0.4, -0.2) is 46.0 Å². The highest BCUT2D eigenvalue weighted by atomic mass is 32.2. The van der Waals surface area contributed by atoms with E-state index in [0.29, 0.717) is 16.9 Å². The van der Waals surface area contributed by atoms with Crippen molar-refractivity contribution in [3.8, 4) is 0 Å². The van der Waals surface area contributed by atoms with E-state index in [1.807, 2.05) is 12.1 Å². The molecule has 2 aromatic carbocycles. The lowest BCUT2D eigenvalue weighted by atomic mass is 9.91. The molecule has 144 valence electrons. The molecule has 2 atom stereocenters. The molecule has 0 unspecified atom stereocenters. The third-order valence-electron chi connectivity index (χ3n) is 6.12. The predicted molar refractivity (Wildman–Crippen MR) is 105 cm³/mol. The van der Waals surface area contributed by atoms with Crippen LogP contribution in [0.2, 0.25) is 0 Å². The van der Waals surface area contributed by atoms with Crippen molar-refractivity contribution >= 4 is 15.5 Å². The average Bonchev–Trinajstić information content (AvgIpc) is 2.82. The number of likely N-dealkylation sites (tertiary alicyclic amines) is 1. The molecule has 1 saturated heterocycles. The van der Waals surface area contributed by atoms with Gasteiger partial charge in [0.1, 0.15) is 5.82 Å². The normalized spacial score (nSPS) is 23.0. The fourth-order valence-electron chi connectivity index (χ4n) is 4.53. The van der Waals surface area contributed by atoms with Gasteiger partial charge in [0, 0.05) is 31.2 Å². The number of hydrogen-bond donors (Lipinski definition) is 0. The predicted octanol–water partition coefficient (Wildman–Crippen LogP) is 3.68. The number of benzene rings is 2. The van der Waals surface area contributed by atoms with Gasteiger partial charge in [-0.15, -0.1) is 0 Å². The second kappa shape index (κ2) is 6.91. The van der Waals surface area contributed by atoms with Crippen LogP contribution in [0.4, 0.5) is 10.1 Å². The van der Waals surface area contributed by atoms with Gasteiger partial charge in [0.05, 0.1) is 9.79 Å².